The predicted molar refractivity (Wildman–Crippen MR) is 119 cm³/mol. The maximum absolute atomic E-state index is 13.3. The predicted octanol–water partition coefficient (Wildman–Crippen LogP) is 4.93. The summed E-state index contributed by atoms with van der Waals surface area (Å²) in [5, 5.41) is 14.1. The summed E-state index contributed by atoms with van der Waals surface area (Å²) in [6, 6.07) is 15.7. The maximum atomic E-state index is 13.3. The Labute approximate surface area is 182 Å². The lowest BCUT2D eigenvalue weighted by Gasteiger charge is -2.36. The highest BCUT2D eigenvalue weighted by Gasteiger charge is 2.35. The van der Waals surface area contributed by atoms with E-state index in [4.69, 9.17) is 4.74 Å². The number of methoxy groups -OCH3 is 1. The number of thiophene rings is 1. The first-order chi connectivity index (χ1) is 15.1. The molecule has 0 saturated heterocycles. The van der Waals surface area contributed by atoms with Crippen molar-refractivity contribution < 1.29 is 14.5 Å². The van der Waals surface area contributed by atoms with Crippen molar-refractivity contribution in [3.8, 4) is 5.75 Å². The zero-order chi connectivity index (χ0) is 21.5. The van der Waals surface area contributed by atoms with Crippen molar-refractivity contribution in [2.24, 2.45) is 0 Å². The van der Waals surface area contributed by atoms with Crippen molar-refractivity contribution in [2.45, 2.75) is 12.5 Å². The lowest BCUT2D eigenvalue weighted by Crippen LogP contribution is -2.40. The van der Waals surface area contributed by atoms with Crippen LogP contribution in [0.1, 0.15) is 32.5 Å². The van der Waals surface area contributed by atoms with Crippen LogP contribution in [0.15, 0.2) is 60.0 Å². The number of nitrogens with zero attached hydrogens (tertiary/aromatic N) is 2. The lowest BCUT2D eigenvalue weighted by molar-refractivity contribution is -0.384. The fraction of sp³-hybridized carbons (Fsp3) is 0.174. The molecule has 0 bridgehead atoms. The number of carbonyl (C=O) groups excluding carboxylic acids is 1. The Kier molecular flexibility index (Phi) is 4.71. The molecule has 1 aliphatic rings. The van der Waals surface area contributed by atoms with Crippen LogP contribution in [-0.2, 0) is 6.42 Å². The van der Waals surface area contributed by atoms with Gasteiger partial charge in [-0.15, -0.1) is 11.3 Å². The van der Waals surface area contributed by atoms with Gasteiger partial charge in [0.05, 0.1) is 23.0 Å². The van der Waals surface area contributed by atoms with Gasteiger partial charge in [0.1, 0.15) is 5.75 Å². The average molecular weight is 433 g/mol. The second-order valence-corrected chi connectivity index (χ2v) is 8.35. The number of rotatable bonds is 4. The van der Waals surface area contributed by atoms with Gasteiger partial charge in [-0.3, -0.25) is 14.9 Å². The first kappa shape index (κ1) is 19.3. The topological polar surface area (TPSA) is 88.5 Å². The average Bonchev–Trinajstić information content (AvgIpc) is 3.45. The van der Waals surface area contributed by atoms with Crippen molar-refractivity contribution in [3.63, 3.8) is 0 Å². The Morgan fingerprint density at radius 1 is 1.23 bits per heavy atom. The van der Waals surface area contributed by atoms with Crippen LogP contribution in [0.25, 0.3) is 10.9 Å². The number of carbonyl (C=O) groups is 1. The second-order valence-electron chi connectivity index (χ2n) is 7.41. The molecule has 1 unspecified atom stereocenters. The zero-order valence-electron chi connectivity index (χ0n) is 16.7. The fourth-order valence-corrected chi connectivity index (χ4v) is 4.96. The molecule has 3 heterocycles. The summed E-state index contributed by atoms with van der Waals surface area (Å²) >= 11 is 1.41. The molecule has 2 aromatic heterocycles. The quantitative estimate of drug-likeness (QED) is 0.365. The number of benzene rings is 2. The van der Waals surface area contributed by atoms with Gasteiger partial charge in [0, 0.05) is 35.3 Å². The smallest absolute Gasteiger partial charge is 0.269 e. The minimum Gasteiger partial charge on any atom is -0.497 e. The zero-order valence-corrected chi connectivity index (χ0v) is 17.5. The number of aromatic nitrogens is 1. The number of hydrogen-bond donors (Lipinski definition) is 1. The number of nitro benzene ring substituents is 1. The van der Waals surface area contributed by atoms with Gasteiger partial charge in [-0.25, -0.2) is 0 Å². The van der Waals surface area contributed by atoms with E-state index in [9.17, 15) is 14.9 Å². The van der Waals surface area contributed by atoms with Crippen LogP contribution in [-0.4, -0.2) is 34.4 Å². The van der Waals surface area contributed by atoms with Crippen molar-refractivity contribution in [3.05, 3.63) is 91.8 Å². The van der Waals surface area contributed by atoms with Gasteiger partial charge >= 0.3 is 0 Å². The van der Waals surface area contributed by atoms with E-state index in [2.05, 4.69) is 4.98 Å². The third kappa shape index (κ3) is 3.25. The molecule has 2 aromatic carbocycles. The van der Waals surface area contributed by atoms with E-state index in [0.717, 1.165) is 33.5 Å². The van der Waals surface area contributed by atoms with Gasteiger partial charge in [0.2, 0.25) is 0 Å². The van der Waals surface area contributed by atoms with Gasteiger partial charge in [-0.05, 0) is 59.3 Å². The molecule has 0 saturated carbocycles. The molecule has 7 nitrogen and oxygen atoms in total. The summed E-state index contributed by atoms with van der Waals surface area (Å²) in [6.45, 7) is 0.551. The SMILES string of the molecule is COc1ccc2[nH]c3c(c2c1)CCN(C(=O)c1cccs1)C3c1ccc([N+](=O)[O-])cc1. The first-order valence-corrected chi connectivity index (χ1v) is 10.7. The van der Waals surface area contributed by atoms with Crippen LogP contribution in [0, 0.1) is 10.1 Å². The summed E-state index contributed by atoms with van der Waals surface area (Å²) in [7, 11) is 1.64. The van der Waals surface area contributed by atoms with Crippen molar-refractivity contribution in [1.29, 1.82) is 0 Å². The van der Waals surface area contributed by atoms with Crippen LogP contribution in [0.2, 0.25) is 0 Å². The summed E-state index contributed by atoms with van der Waals surface area (Å²) in [5.74, 6) is 0.735. The number of nitrogens with one attached hydrogen (secondary N) is 1. The number of amides is 1. The van der Waals surface area contributed by atoms with E-state index in [0.29, 0.717) is 17.8 Å². The van der Waals surface area contributed by atoms with Crippen molar-refractivity contribution in [1.82, 2.24) is 9.88 Å². The fourth-order valence-electron chi connectivity index (χ4n) is 4.28. The highest BCUT2D eigenvalue weighted by Crippen LogP contribution is 2.40. The number of ether oxygens (including phenoxy) is 1. The molecule has 1 amide bonds. The van der Waals surface area contributed by atoms with Gasteiger partial charge in [0.15, 0.2) is 0 Å². The standard InChI is InChI=1S/C23H19N3O4S/c1-30-16-8-9-19-18(13-16)17-10-11-25(23(27)20-3-2-12-31-20)22(21(17)24-19)14-4-6-15(7-5-14)26(28)29/h2-9,12-13,22,24H,10-11H2,1H3. The van der Waals surface area contributed by atoms with E-state index in [-0.39, 0.29) is 17.6 Å². The normalized spacial score (nSPS) is 15.6. The molecule has 1 aliphatic heterocycles. The molecule has 0 spiro atoms. The van der Waals surface area contributed by atoms with E-state index >= 15 is 0 Å². The Balaban J connectivity index is 1.66. The number of hydrogen-bond acceptors (Lipinski definition) is 5. The van der Waals surface area contributed by atoms with E-state index in [1.165, 1.54) is 23.5 Å². The highest BCUT2D eigenvalue weighted by atomic mass is 32.1. The molecule has 0 aliphatic carbocycles. The van der Waals surface area contributed by atoms with Crippen LogP contribution in [0.5, 0.6) is 5.75 Å². The summed E-state index contributed by atoms with van der Waals surface area (Å²) in [6.07, 6.45) is 0.711. The van der Waals surface area contributed by atoms with E-state index in [1.807, 2.05) is 40.6 Å². The first-order valence-electron chi connectivity index (χ1n) is 9.84. The van der Waals surface area contributed by atoms with Gasteiger partial charge in [0.25, 0.3) is 11.6 Å². The second kappa shape index (κ2) is 7.55. The van der Waals surface area contributed by atoms with Crippen LogP contribution in [0.3, 0.4) is 0 Å². The molecule has 156 valence electrons. The number of H-pyrrole nitrogens is 1. The molecule has 1 N–H and O–H groups in total. The molecular weight excluding hydrogens is 414 g/mol. The van der Waals surface area contributed by atoms with Crippen molar-refractivity contribution in [2.75, 3.05) is 13.7 Å². The van der Waals surface area contributed by atoms with Gasteiger partial charge < -0.3 is 14.6 Å². The lowest BCUT2D eigenvalue weighted by atomic mass is 9.92. The van der Waals surface area contributed by atoms with Gasteiger partial charge in [-0.2, -0.15) is 0 Å². The van der Waals surface area contributed by atoms with E-state index in [1.54, 1.807) is 19.2 Å². The monoisotopic (exact) mass is 433 g/mol. The minimum atomic E-state index is -0.417. The van der Waals surface area contributed by atoms with E-state index < -0.39 is 4.92 Å². The molecule has 0 radical (unpaired) electrons. The molecule has 1 atom stereocenters. The van der Waals surface area contributed by atoms with Crippen LogP contribution in [0.4, 0.5) is 5.69 Å². The summed E-state index contributed by atoms with van der Waals surface area (Å²) in [4.78, 5) is 30.1. The molecule has 0 fully saturated rings. The highest BCUT2D eigenvalue weighted by molar-refractivity contribution is 7.12. The largest absolute Gasteiger partial charge is 0.497 e. The molecular formula is C23H19N3O4S. The molecule has 4 aromatic rings. The summed E-state index contributed by atoms with van der Waals surface area (Å²) in [5.41, 5.74) is 3.91. The summed E-state index contributed by atoms with van der Waals surface area (Å²) < 4.78 is 5.40. The third-order valence-corrected chi connectivity index (χ3v) is 6.60. The third-order valence-electron chi connectivity index (χ3n) is 5.75. The molecule has 5 rings (SSSR count). The molecule has 31 heavy (non-hydrogen) atoms. The van der Waals surface area contributed by atoms with Crippen LogP contribution < -0.4 is 4.74 Å². The number of fused-ring (bicyclic) bond motifs is 3. The Morgan fingerprint density at radius 2 is 2.03 bits per heavy atom. The Hall–Kier alpha value is -3.65. The maximum Gasteiger partial charge on any atom is 0.269 e. The van der Waals surface area contributed by atoms with Gasteiger partial charge in [-0.1, -0.05) is 6.07 Å². The number of nitro groups is 1. The minimum absolute atomic E-state index is 0.0253. The molecule has 8 heteroatoms. The van der Waals surface area contributed by atoms with Crippen molar-refractivity contribution >= 4 is 33.8 Å². The Morgan fingerprint density at radius 3 is 2.71 bits per heavy atom. The Bertz CT molecular complexity index is 1280. The number of aromatic amines is 1. The van der Waals surface area contributed by atoms with Crippen LogP contribution >= 0.6 is 11.3 Å². The number of non-ortho nitro benzene ring substituents is 1.